The summed E-state index contributed by atoms with van der Waals surface area (Å²) in [6.07, 6.45) is 6.39. The molecule has 5 rings (SSSR count). The van der Waals surface area contributed by atoms with Crippen molar-refractivity contribution in [3.63, 3.8) is 0 Å². The fraction of sp³-hybridized carbons (Fsp3) is 0.385. The van der Waals surface area contributed by atoms with Gasteiger partial charge < -0.3 is 14.6 Å². The second-order valence-corrected chi connectivity index (χ2v) is 8.91. The second kappa shape index (κ2) is 9.17. The first-order chi connectivity index (χ1) is 15.7. The van der Waals surface area contributed by atoms with E-state index in [4.69, 9.17) is 4.42 Å². The van der Waals surface area contributed by atoms with E-state index in [0.717, 1.165) is 50.4 Å². The zero-order valence-corrected chi connectivity index (χ0v) is 18.5. The molecule has 0 saturated carbocycles. The van der Waals surface area contributed by atoms with Gasteiger partial charge in [-0.1, -0.05) is 24.3 Å². The van der Waals surface area contributed by atoms with Crippen molar-refractivity contribution in [2.75, 3.05) is 18.0 Å². The number of anilines is 1. The molecule has 0 aliphatic carbocycles. The van der Waals surface area contributed by atoms with Gasteiger partial charge in [0.25, 0.3) is 5.91 Å². The van der Waals surface area contributed by atoms with Crippen LogP contribution in [0.5, 0.6) is 0 Å². The van der Waals surface area contributed by atoms with Crippen molar-refractivity contribution in [3.8, 4) is 0 Å². The Morgan fingerprint density at radius 1 is 1.09 bits per heavy atom. The third-order valence-electron chi connectivity index (χ3n) is 6.69. The van der Waals surface area contributed by atoms with Gasteiger partial charge in [0.15, 0.2) is 0 Å². The number of carbonyl (C=O) groups excluding carboxylic acids is 1. The predicted molar refractivity (Wildman–Crippen MR) is 125 cm³/mol. The average Bonchev–Trinajstić information content (AvgIpc) is 3.40. The summed E-state index contributed by atoms with van der Waals surface area (Å²) >= 11 is 0. The third kappa shape index (κ3) is 4.41. The maximum Gasteiger partial charge on any atom is 0.255 e. The number of benzene rings is 1. The molecule has 2 aromatic heterocycles. The molecule has 0 radical (unpaired) electrons. The maximum atomic E-state index is 13.1. The van der Waals surface area contributed by atoms with E-state index in [1.807, 2.05) is 18.3 Å². The van der Waals surface area contributed by atoms with Crippen molar-refractivity contribution < 1.29 is 9.21 Å². The monoisotopic (exact) mass is 430 g/mol. The molecule has 32 heavy (non-hydrogen) atoms. The lowest BCUT2D eigenvalue weighted by molar-refractivity contribution is 0.0906. The molecule has 2 aliphatic heterocycles. The van der Waals surface area contributed by atoms with Gasteiger partial charge in [0.2, 0.25) is 0 Å². The van der Waals surface area contributed by atoms with Crippen LogP contribution in [0.2, 0.25) is 0 Å². The Kier molecular flexibility index (Phi) is 5.95. The number of nitrogens with one attached hydrogen (secondary N) is 1. The quantitative estimate of drug-likeness (QED) is 0.640. The lowest BCUT2D eigenvalue weighted by Crippen LogP contribution is -2.44. The van der Waals surface area contributed by atoms with E-state index in [-0.39, 0.29) is 11.9 Å². The Balaban J connectivity index is 1.18. The molecule has 6 nitrogen and oxygen atoms in total. The Morgan fingerprint density at radius 2 is 1.91 bits per heavy atom. The summed E-state index contributed by atoms with van der Waals surface area (Å²) in [7, 11) is 0. The number of piperidine rings is 1. The number of hydrogen-bond acceptors (Lipinski definition) is 5. The summed E-state index contributed by atoms with van der Waals surface area (Å²) in [5.41, 5.74) is 4.34. The molecule has 4 heterocycles. The van der Waals surface area contributed by atoms with Gasteiger partial charge in [0.1, 0.15) is 5.76 Å². The number of para-hydroxylation sites is 1. The largest absolute Gasteiger partial charge is 0.467 e. The van der Waals surface area contributed by atoms with Crippen molar-refractivity contribution in [1.82, 2.24) is 15.2 Å². The van der Waals surface area contributed by atoms with Crippen LogP contribution >= 0.6 is 0 Å². The maximum absolute atomic E-state index is 13.1. The summed E-state index contributed by atoms with van der Waals surface area (Å²) in [6, 6.07) is 16.9. The molecule has 1 saturated heterocycles. The predicted octanol–water partition coefficient (Wildman–Crippen LogP) is 4.02. The zero-order valence-electron chi connectivity index (χ0n) is 18.5. The number of hydrogen-bond donors (Lipinski definition) is 1. The Labute approximate surface area is 189 Å². The molecule has 1 N–H and O–H groups in total. The number of carbonyl (C=O) groups is 1. The minimum Gasteiger partial charge on any atom is -0.467 e. The smallest absolute Gasteiger partial charge is 0.255 e. The first-order valence-corrected chi connectivity index (χ1v) is 11.5. The van der Waals surface area contributed by atoms with Crippen LogP contribution in [-0.4, -0.2) is 41.0 Å². The van der Waals surface area contributed by atoms with Gasteiger partial charge in [-0.25, -0.2) is 0 Å². The highest BCUT2D eigenvalue weighted by Gasteiger charge is 2.29. The molecule has 6 heteroatoms. The number of furan rings is 1. The number of nitrogens with zero attached hydrogens (tertiary/aromatic N) is 3. The summed E-state index contributed by atoms with van der Waals surface area (Å²) < 4.78 is 5.77. The van der Waals surface area contributed by atoms with Crippen LogP contribution in [0.4, 0.5) is 5.69 Å². The fourth-order valence-electron chi connectivity index (χ4n) is 4.91. The molecule has 1 fully saturated rings. The summed E-state index contributed by atoms with van der Waals surface area (Å²) in [4.78, 5) is 22.2. The van der Waals surface area contributed by atoms with Gasteiger partial charge in [-0.2, -0.15) is 0 Å². The average molecular weight is 431 g/mol. The first-order valence-electron chi connectivity index (χ1n) is 11.5. The second-order valence-electron chi connectivity index (χ2n) is 8.91. The molecule has 3 aromatic rings. The van der Waals surface area contributed by atoms with Crippen LogP contribution in [0.15, 0.2) is 65.4 Å². The number of aromatic nitrogens is 1. The minimum absolute atomic E-state index is 0.0305. The topological polar surface area (TPSA) is 61.6 Å². The van der Waals surface area contributed by atoms with E-state index >= 15 is 0 Å². The van der Waals surface area contributed by atoms with Crippen LogP contribution in [0.3, 0.4) is 0 Å². The standard InChI is InChI=1S/C26H30N4O2/c1-19-16-20-6-2-3-8-24(20)30(19)18-25-23(11-15-32-25)26(31)28-21-9-13-29(14-10-21)17-22-7-4-5-12-27-22/h2-8,11-12,15,19,21H,9-10,13-14,16-18H2,1H3,(H,28,31). The van der Waals surface area contributed by atoms with Crippen LogP contribution in [-0.2, 0) is 19.5 Å². The number of rotatable bonds is 6. The third-order valence-corrected chi connectivity index (χ3v) is 6.69. The SMILES string of the molecule is CC1Cc2ccccc2N1Cc1occc1C(=O)NC1CCN(Cc2ccccn2)CC1. The van der Waals surface area contributed by atoms with Gasteiger partial charge in [-0.3, -0.25) is 14.7 Å². The molecule has 1 aromatic carbocycles. The molecular weight excluding hydrogens is 400 g/mol. The first kappa shape index (κ1) is 20.8. The van der Waals surface area contributed by atoms with Gasteiger partial charge in [-0.15, -0.1) is 0 Å². The Bertz CT molecular complexity index is 1060. The summed E-state index contributed by atoms with van der Waals surface area (Å²) in [6.45, 7) is 5.62. The number of amides is 1. The van der Waals surface area contributed by atoms with Crippen molar-refractivity contribution in [2.45, 2.75) is 51.4 Å². The highest BCUT2D eigenvalue weighted by Crippen LogP contribution is 2.33. The van der Waals surface area contributed by atoms with E-state index in [9.17, 15) is 4.79 Å². The van der Waals surface area contributed by atoms with E-state index in [1.54, 1.807) is 12.3 Å². The Morgan fingerprint density at radius 3 is 2.72 bits per heavy atom. The summed E-state index contributed by atoms with van der Waals surface area (Å²) in [5, 5.41) is 3.24. The lowest BCUT2D eigenvalue weighted by Gasteiger charge is -2.32. The van der Waals surface area contributed by atoms with Crippen LogP contribution in [0, 0.1) is 0 Å². The lowest BCUT2D eigenvalue weighted by atomic mass is 10.0. The molecule has 0 bridgehead atoms. The highest BCUT2D eigenvalue weighted by molar-refractivity contribution is 5.95. The van der Waals surface area contributed by atoms with Crippen molar-refractivity contribution in [2.24, 2.45) is 0 Å². The van der Waals surface area contributed by atoms with Crippen molar-refractivity contribution in [3.05, 3.63) is 83.6 Å². The van der Waals surface area contributed by atoms with Gasteiger partial charge in [0, 0.05) is 43.6 Å². The van der Waals surface area contributed by atoms with E-state index < -0.39 is 0 Å². The van der Waals surface area contributed by atoms with Gasteiger partial charge in [-0.05, 0) is 56.0 Å². The molecule has 0 spiro atoms. The van der Waals surface area contributed by atoms with Crippen LogP contribution in [0.25, 0.3) is 0 Å². The van der Waals surface area contributed by atoms with Crippen molar-refractivity contribution >= 4 is 11.6 Å². The van der Waals surface area contributed by atoms with E-state index in [1.165, 1.54) is 11.3 Å². The van der Waals surface area contributed by atoms with Gasteiger partial charge >= 0.3 is 0 Å². The summed E-state index contributed by atoms with van der Waals surface area (Å²) in [5.74, 6) is 0.704. The molecular formula is C26H30N4O2. The number of fused-ring (bicyclic) bond motifs is 1. The molecule has 1 amide bonds. The normalized spacial score (nSPS) is 19.2. The van der Waals surface area contributed by atoms with Crippen LogP contribution < -0.4 is 10.2 Å². The zero-order chi connectivity index (χ0) is 21.9. The highest BCUT2D eigenvalue weighted by atomic mass is 16.3. The molecule has 2 aliphatic rings. The Hall–Kier alpha value is -3.12. The van der Waals surface area contributed by atoms with Gasteiger partial charge in [0.05, 0.1) is 24.1 Å². The number of pyridine rings is 1. The van der Waals surface area contributed by atoms with E-state index in [2.05, 4.69) is 57.4 Å². The molecule has 1 atom stereocenters. The minimum atomic E-state index is -0.0305. The van der Waals surface area contributed by atoms with E-state index in [0.29, 0.717) is 18.2 Å². The fourth-order valence-corrected chi connectivity index (χ4v) is 4.91. The number of likely N-dealkylation sites (tertiary alicyclic amines) is 1. The van der Waals surface area contributed by atoms with Crippen molar-refractivity contribution in [1.29, 1.82) is 0 Å². The van der Waals surface area contributed by atoms with Crippen LogP contribution in [0.1, 0.15) is 47.1 Å². The molecule has 166 valence electrons. The molecule has 1 unspecified atom stereocenters.